The highest BCUT2D eigenvalue weighted by Gasteiger charge is 2.26. The molecular formula is C28H34N2O5. The van der Waals surface area contributed by atoms with E-state index in [2.05, 4.69) is 6.07 Å². The Morgan fingerprint density at radius 1 is 1.06 bits per heavy atom. The molecule has 7 nitrogen and oxygen atoms in total. The van der Waals surface area contributed by atoms with Gasteiger partial charge in [-0.3, -0.25) is 4.79 Å². The molecule has 1 aliphatic rings. The molecule has 4 rings (SSSR count). The minimum Gasteiger partial charge on any atom is -0.496 e. The first-order chi connectivity index (χ1) is 17.0. The van der Waals surface area contributed by atoms with Crippen LogP contribution in [0.2, 0.25) is 0 Å². The second kappa shape index (κ2) is 11.0. The van der Waals surface area contributed by atoms with Crippen molar-refractivity contribution >= 4 is 16.8 Å². The van der Waals surface area contributed by atoms with Gasteiger partial charge in [-0.2, -0.15) is 0 Å². The molecule has 0 bridgehead atoms. The van der Waals surface area contributed by atoms with E-state index >= 15 is 0 Å². The Morgan fingerprint density at radius 3 is 2.43 bits per heavy atom. The fourth-order valence-corrected chi connectivity index (χ4v) is 4.62. The van der Waals surface area contributed by atoms with Crippen molar-refractivity contribution in [2.24, 2.45) is 5.92 Å². The molecule has 1 amide bonds. The molecule has 186 valence electrons. The minimum absolute atomic E-state index is 0.0513. The van der Waals surface area contributed by atoms with E-state index in [9.17, 15) is 4.79 Å². The highest BCUT2D eigenvalue weighted by molar-refractivity contribution is 5.93. The summed E-state index contributed by atoms with van der Waals surface area (Å²) in [4.78, 5) is 20.2. The third-order valence-electron chi connectivity index (χ3n) is 6.40. The lowest BCUT2D eigenvalue weighted by Crippen LogP contribution is -2.39. The standard InChI is InChI=1S/C28H34N2O5/c1-18(2)28(31)30(17-20-9-8-14-35-20)16-19-15-22-24(33-4)12-13-25(34-5)27(22)29-26(19)21-10-6-7-11-23(21)32-3/h6-7,10-13,15,18,20H,8-9,14,16-17H2,1-5H3/t20-/m0/s1. The van der Waals surface area contributed by atoms with Crippen LogP contribution < -0.4 is 14.2 Å². The van der Waals surface area contributed by atoms with Crippen LogP contribution in [-0.4, -0.2) is 56.4 Å². The van der Waals surface area contributed by atoms with E-state index in [1.54, 1.807) is 21.3 Å². The number of carbonyl (C=O) groups excluding carboxylic acids is 1. The number of para-hydroxylation sites is 1. The second-order valence-electron chi connectivity index (χ2n) is 9.07. The molecule has 0 aliphatic carbocycles. The van der Waals surface area contributed by atoms with Crippen LogP contribution in [-0.2, 0) is 16.1 Å². The Morgan fingerprint density at radius 2 is 1.77 bits per heavy atom. The number of benzene rings is 2. The number of carbonyl (C=O) groups is 1. The lowest BCUT2D eigenvalue weighted by molar-refractivity contribution is -0.136. The van der Waals surface area contributed by atoms with Gasteiger partial charge >= 0.3 is 0 Å². The first kappa shape index (κ1) is 24.8. The molecule has 0 N–H and O–H groups in total. The zero-order valence-electron chi connectivity index (χ0n) is 21.2. The van der Waals surface area contributed by atoms with Gasteiger partial charge in [-0.1, -0.05) is 26.0 Å². The van der Waals surface area contributed by atoms with Crippen molar-refractivity contribution in [2.45, 2.75) is 39.3 Å². The molecule has 2 aromatic carbocycles. The Balaban J connectivity index is 1.90. The average Bonchev–Trinajstić information content (AvgIpc) is 3.39. The number of aromatic nitrogens is 1. The summed E-state index contributed by atoms with van der Waals surface area (Å²) >= 11 is 0. The van der Waals surface area contributed by atoms with Crippen LogP contribution in [0.3, 0.4) is 0 Å². The lowest BCUT2D eigenvalue weighted by atomic mass is 10.0. The van der Waals surface area contributed by atoms with Gasteiger partial charge in [-0.15, -0.1) is 0 Å². The summed E-state index contributed by atoms with van der Waals surface area (Å²) in [6, 6.07) is 13.6. The smallest absolute Gasteiger partial charge is 0.225 e. The molecule has 1 aliphatic heterocycles. The van der Waals surface area contributed by atoms with Crippen molar-refractivity contribution in [3.05, 3.63) is 48.0 Å². The molecule has 35 heavy (non-hydrogen) atoms. The monoisotopic (exact) mass is 478 g/mol. The van der Waals surface area contributed by atoms with Crippen LogP contribution in [0.5, 0.6) is 17.2 Å². The van der Waals surface area contributed by atoms with Crippen LogP contribution in [0.25, 0.3) is 22.2 Å². The molecule has 3 aromatic rings. The second-order valence-corrected chi connectivity index (χ2v) is 9.07. The molecular weight excluding hydrogens is 444 g/mol. The predicted octanol–water partition coefficient (Wildman–Crippen LogP) is 5.09. The molecule has 0 unspecified atom stereocenters. The van der Waals surface area contributed by atoms with E-state index in [1.807, 2.05) is 55.1 Å². The number of ether oxygens (including phenoxy) is 4. The van der Waals surface area contributed by atoms with E-state index in [4.69, 9.17) is 23.9 Å². The quantitative estimate of drug-likeness (QED) is 0.427. The van der Waals surface area contributed by atoms with Crippen molar-refractivity contribution in [1.29, 1.82) is 0 Å². The summed E-state index contributed by atoms with van der Waals surface area (Å²) in [6.07, 6.45) is 2.04. The van der Waals surface area contributed by atoms with Gasteiger partial charge < -0.3 is 23.8 Å². The summed E-state index contributed by atoms with van der Waals surface area (Å²) in [5, 5.41) is 0.828. The van der Waals surface area contributed by atoms with E-state index in [0.29, 0.717) is 35.9 Å². The highest BCUT2D eigenvalue weighted by atomic mass is 16.5. The van der Waals surface area contributed by atoms with Crippen LogP contribution >= 0.6 is 0 Å². The molecule has 1 saturated heterocycles. The molecule has 2 heterocycles. The summed E-state index contributed by atoms with van der Waals surface area (Å²) in [5.74, 6) is 2.02. The van der Waals surface area contributed by atoms with Crippen molar-refractivity contribution < 1.29 is 23.7 Å². The number of pyridine rings is 1. The number of fused-ring (bicyclic) bond motifs is 1. The zero-order valence-corrected chi connectivity index (χ0v) is 21.2. The molecule has 7 heteroatoms. The molecule has 0 spiro atoms. The summed E-state index contributed by atoms with van der Waals surface area (Å²) < 4.78 is 22.8. The van der Waals surface area contributed by atoms with Crippen LogP contribution in [0.4, 0.5) is 0 Å². The number of hydrogen-bond acceptors (Lipinski definition) is 6. The maximum absolute atomic E-state index is 13.3. The SMILES string of the molecule is COc1ccccc1-c1nc2c(OC)ccc(OC)c2cc1CN(C[C@@H]1CCCO1)C(=O)C(C)C. The minimum atomic E-state index is -0.130. The van der Waals surface area contributed by atoms with E-state index < -0.39 is 0 Å². The maximum Gasteiger partial charge on any atom is 0.225 e. The van der Waals surface area contributed by atoms with Crippen molar-refractivity contribution in [2.75, 3.05) is 34.5 Å². The normalized spacial score (nSPS) is 15.4. The zero-order chi connectivity index (χ0) is 24.9. The average molecular weight is 479 g/mol. The lowest BCUT2D eigenvalue weighted by Gasteiger charge is -2.28. The van der Waals surface area contributed by atoms with Crippen LogP contribution in [0.1, 0.15) is 32.3 Å². The Kier molecular flexibility index (Phi) is 7.76. The van der Waals surface area contributed by atoms with Gasteiger partial charge in [0.05, 0.1) is 33.1 Å². The maximum atomic E-state index is 13.3. The Hall–Kier alpha value is -3.32. The molecule has 1 fully saturated rings. The topological polar surface area (TPSA) is 70.1 Å². The van der Waals surface area contributed by atoms with Gasteiger partial charge in [0.25, 0.3) is 0 Å². The molecule has 0 radical (unpaired) electrons. The van der Waals surface area contributed by atoms with Crippen LogP contribution in [0, 0.1) is 5.92 Å². The number of nitrogens with zero attached hydrogens (tertiary/aromatic N) is 2. The van der Waals surface area contributed by atoms with E-state index in [-0.39, 0.29) is 17.9 Å². The fraction of sp³-hybridized carbons (Fsp3) is 0.429. The van der Waals surface area contributed by atoms with Gasteiger partial charge in [0.1, 0.15) is 22.8 Å². The van der Waals surface area contributed by atoms with Crippen molar-refractivity contribution in [3.63, 3.8) is 0 Å². The Bertz CT molecular complexity index is 1190. The number of methoxy groups -OCH3 is 3. The number of amides is 1. The third-order valence-corrected chi connectivity index (χ3v) is 6.40. The molecule has 1 atom stereocenters. The largest absolute Gasteiger partial charge is 0.496 e. The van der Waals surface area contributed by atoms with Crippen molar-refractivity contribution in [3.8, 4) is 28.5 Å². The van der Waals surface area contributed by atoms with Gasteiger partial charge in [0.15, 0.2) is 0 Å². The predicted molar refractivity (Wildman–Crippen MR) is 136 cm³/mol. The molecule has 0 saturated carbocycles. The molecule has 1 aromatic heterocycles. The number of hydrogen-bond donors (Lipinski definition) is 0. The van der Waals surface area contributed by atoms with Crippen LogP contribution in [0.15, 0.2) is 42.5 Å². The third kappa shape index (κ3) is 5.20. The first-order valence-corrected chi connectivity index (χ1v) is 12.0. The van der Waals surface area contributed by atoms with Crippen molar-refractivity contribution in [1.82, 2.24) is 9.88 Å². The van der Waals surface area contributed by atoms with Gasteiger partial charge in [0.2, 0.25) is 5.91 Å². The Labute approximate surface area is 207 Å². The number of rotatable bonds is 9. The first-order valence-electron chi connectivity index (χ1n) is 12.0. The van der Waals surface area contributed by atoms with Gasteiger partial charge in [-0.25, -0.2) is 4.98 Å². The van der Waals surface area contributed by atoms with Gasteiger partial charge in [0, 0.05) is 36.6 Å². The highest BCUT2D eigenvalue weighted by Crippen LogP contribution is 2.38. The van der Waals surface area contributed by atoms with E-state index in [0.717, 1.165) is 41.7 Å². The fourth-order valence-electron chi connectivity index (χ4n) is 4.62. The van der Waals surface area contributed by atoms with E-state index in [1.165, 1.54) is 0 Å². The summed E-state index contributed by atoms with van der Waals surface area (Å²) in [7, 11) is 4.92. The summed E-state index contributed by atoms with van der Waals surface area (Å²) in [6.45, 7) is 5.55. The van der Waals surface area contributed by atoms with Gasteiger partial charge in [-0.05, 0) is 48.7 Å². The summed E-state index contributed by atoms with van der Waals surface area (Å²) in [5.41, 5.74) is 3.19.